The van der Waals surface area contributed by atoms with E-state index in [1.807, 2.05) is 17.5 Å². The summed E-state index contributed by atoms with van der Waals surface area (Å²) >= 11 is 1.57. The molecule has 0 aliphatic heterocycles. The molecule has 0 fully saturated rings. The molecule has 0 aliphatic rings. The van der Waals surface area contributed by atoms with E-state index in [2.05, 4.69) is 10.3 Å². The van der Waals surface area contributed by atoms with Crippen molar-refractivity contribution in [1.82, 2.24) is 9.55 Å². The summed E-state index contributed by atoms with van der Waals surface area (Å²) in [6.45, 7) is 0.157. The van der Waals surface area contributed by atoms with E-state index in [0.29, 0.717) is 5.69 Å². The maximum Gasteiger partial charge on any atom is 0.244 e. The molecule has 0 saturated heterocycles. The van der Waals surface area contributed by atoms with Crippen LogP contribution in [0.25, 0.3) is 10.7 Å². The van der Waals surface area contributed by atoms with Crippen LogP contribution in [0.5, 0.6) is 0 Å². The smallest absolute Gasteiger partial charge is 0.244 e. The van der Waals surface area contributed by atoms with Gasteiger partial charge in [0, 0.05) is 18.1 Å². The third kappa shape index (κ3) is 3.17. The SMILES string of the molecule is O=C(Cn1ccnc1-c1cccs1)Nc1ccc(F)cc1. The number of imidazole rings is 1. The molecule has 3 aromatic rings. The Morgan fingerprint density at radius 2 is 2.10 bits per heavy atom. The molecular formula is C15H12FN3OS. The highest BCUT2D eigenvalue weighted by Crippen LogP contribution is 2.22. The Labute approximate surface area is 124 Å². The number of nitrogens with one attached hydrogen (secondary N) is 1. The molecule has 2 aromatic heterocycles. The zero-order valence-corrected chi connectivity index (χ0v) is 11.8. The fourth-order valence-electron chi connectivity index (χ4n) is 1.96. The molecule has 6 heteroatoms. The minimum Gasteiger partial charge on any atom is -0.325 e. The number of carbonyl (C=O) groups excluding carboxylic acids is 1. The van der Waals surface area contributed by atoms with Gasteiger partial charge in [-0.05, 0) is 35.7 Å². The number of nitrogens with zero attached hydrogens (tertiary/aromatic N) is 2. The number of anilines is 1. The molecule has 1 N–H and O–H groups in total. The second kappa shape index (κ2) is 5.88. The summed E-state index contributed by atoms with van der Waals surface area (Å²) in [5, 5.41) is 4.69. The molecule has 0 unspecified atom stereocenters. The van der Waals surface area contributed by atoms with Gasteiger partial charge in [0.1, 0.15) is 18.2 Å². The lowest BCUT2D eigenvalue weighted by Gasteiger charge is -2.08. The summed E-state index contributed by atoms with van der Waals surface area (Å²) in [5.74, 6) is 0.249. The van der Waals surface area contributed by atoms with Gasteiger partial charge in [-0.2, -0.15) is 0 Å². The second-order valence-electron chi connectivity index (χ2n) is 4.41. The number of halogens is 1. The highest BCUT2D eigenvalue weighted by molar-refractivity contribution is 7.13. The van der Waals surface area contributed by atoms with Crippen LogP contribution in [0.3, 0.4) is 0 Å². The highest BCUT2D eigenvalue weighted by atomic mass is 32.1. The molecular weight excluding hydrogens is 289 g/mol. The molecule has 4 nitrogen and oxygen atoms in total. The fourth-order valence-corrected chi connectivity index (χ4v) is 2.69. The van der Waals surface area contributed by atoms with Crippen LogP contribution in [-0.2, 0) is 11.3 Å². The fraction of sp³-hybridized carbons (Fsp3) is 0.0667. The summed E-state index contributed by atoms with van der Waals surface area (Å²) in [6, 6.07) is 9.58. The van der Waals surface area contributed by atoms with Gasteiger partial charge in [-0.15, -0.1) is 11.3 Å². The van der Waals surface area contributed by atoms with Crippen LogP contribution in [0, 0.1) is 5.82 Å². The van der Waals surface area contributed by atoms with Gasteiger partial charge in [0.05, 0.1) is 4.88 Å². The average molecular weight is 301 g/mol. The summed E-state index contributed by atoms with van der Waals surface area (Å²) < 4.78 is 14.6. The zero-order chi connectivity index (χ0) is 14.7. The first-order valence-electron chi connectivity index (χ1n) is 6.33. The number of aromatic nitrogens is 2. The normalized spacial score (nSPS) is 10.5. The van der Waals surface area contributed by atoms with Crippen molar-refractivity contribution in [3.8, 4) is 10.7 Å². The number of thiophene rings is 1. The lowest BCUT2D eigenvalue weighted by atomic mass is 10.3. The van der Waals surface area contributed by atoms with Gasteiger partial charge >= 0.3 is 0 Å². The predicted molar refractivity (Wildman–Crippen MR) is 80.6 cm³/mol. The molecule has 0 atom stereocenters. The average Bonchev–Trinajstić information content (AvgIpc) is 3.11. The van der Waals surface area contributed by atoms with Crippen molar-refractivity contribution in [2.45, 2.75) is 6.54 Å². The molecule has 1 aromatic carbocycles. The number of benzene rings is 1. The minimum atomic E-state index is -0.331. The Morgan fingerprint density at radius 3 is 2.81 bits per heavy atom. The molecule has 3 rings (SSSR count). The number of carbonyl (C=O) groups is 1. The highest BCUT2D eigenvalue weighted by Gasteiger charge is 2.10. The Kier molecular flexibility index (Phi) is 3.79. The van der Waals surface area contributed by atoms with E-state index >= 15 is 0 Å². The van der Waals surface area contributed by atoms with Gasteiger partial charge in [0.2, 0.25) is 5.91 Å². The van der Waals surface area contributed by atoms with Crippen LogP contribution in [0.1, 0.15) is 0 Å². The minimum absolute atomic E-state index is 0.157. The van der Waals surface area contributed by atoms with E-state index in [1.54, 1.807) is 28.3 Å². The monoisotopic (exact) mass is 301 g/mol. The van der Waals surface area contributed by atoms with Crippen LogP contribution in [-0.4, -0.2) is 15.5 Å². The van der Waals surface area contributed by atoms with Crippen molar-refractivity contribution >= 4 is 22.9 Å². The zero-order valence-electron chi connectivity index (χ0n) is 11.0. The third-order valence-corrected chi connectivity index (χ3v) is 3.76. The quantitative estimate of drug-likeness (QED) is 0.803. The van der Waals surface area contributed by atoms with E-state index in [0.717, 1.165) is 10.7 Å². The van der Waals surface area contributed by atoms with Crippen LogP contribution in [0.2, 0.25) is 0 Å². The molecule has 0 bridgehead atoms. The van der Waals surface area contributed by atoms with E-state index in [-0.39, 0.29) is 18.3 Å². The molecule has 2 heterocycles. The van der Waals surface area contributed by atoms with Crippen molar-refractivity contribution in [3.63, 3.8) is 0 Å². The maximum absolute atomic E-state index is 12.8. The first-order valence-corrected chi connectivity index (χ1v) is 7.21. The van der Waals surface area contributed by atoms with Gasteiger partial charge in [-0.25, -0.2) is 9.37 Å². The lowest BCUT2D eigenvalue weighted by molar-refractivity contribution is -0.116. The van der Waals surface area contributed by atoms with Crippen molar-refractivity contribution < 1.29 is 9.18 Å². The molecule has 0 saturated carbocycles. The number of amides is 1. The molecule has 0 spiro atoms. The first kappa shape index (κ1) is 13.5. The Bertz CT molecular complexity index is 735. The van der Waals surface area contributed by atoms with E-state index in [4.69, 9.17) is 0 Å². The van der Waals surface area contributed by atoms with Crippen molar-refractivity contribution in [2.75, 3.05) is 5.32 Å². The Hall–Kier alpha value is -2.47. The van der Waals surface area contributed by atoms with Gasteiger partial charge in [0.25, 0.3) is 0 Å². The Balaban J connectivity index is 1.71. The van der Waals surface area contributed by atoms with Crippen LogP contribution >= 0.6 is 11.3 Å². The Morgan fingerprint density at radius 1 is 1.29 bits per heavy atom. The van der Waals surface area contributed by atoms with Crippen molar-refractivity contribution in [1.29, 1.82) is 0 Å². The van der Waals surface area contributed by atoms with Gasteiger partial charge < -0.3 is 9.88 Å². The summed E-state index contributed by atoms with van der Waals surface area (Å²) in [5.41, 5.74) is 0.569. The van der Waals surface area contributed by atoms with Gasteiger partial charge in [0.15, 0.2) is 0 Å². The molecule has 1 amide bonds. The van der Waals surface area contributed by atoms with E-state index < -0.39 is 0 Å². The molecule has 21 heavy (non-hydrogen) atoms. The van der Waals surface area contributed by atoms with Crippen molar-refractivity contribution in [3.05, 3.63) is 60.0 Å². The van der Waals surface area contributed by atoms with Crippen LogP contribution < -0.4 is 5.32 Å². The third-order valence-electron chi connectivity index (χ3n) is 2.90. The second-order valence-corrected chi connectivity index (χ2v) is 5.36. The van der Waals surface area contributed by atoms with Crippen LogP contribution in [0.15, 0.2) is 54.2 Å². The first-order chi connectivity index (χ1) is 10.2. The molecule has 106 valence electrons. The van der Waals surface area contributed by atoms with Gasteiger partial charge in [-0.3, -0.25) is 4.79 Å². The predicted octanol–water partition coefficient (Wildman–Crippen LogP) is 3.39. The summed E-state index contributed by atoms with van der Waals surface area (Å²) in [7, 11) is 0. The largest absolute Gasteiger partial charge is 0.325 e. The molecule has 0 aliphatic carbocycles. The van der Waals surface area contributed by atoms with E-state index in [9.17, 15) is 9.18 Å². The van der Waals surface area contributed by atoms with E-state index in [1.165, 1.54) is 24.3 Å². The van der Waals surface area contributed by atoms with Crippen molar-refractivity contribution in [2.24, 2.45) is 0 Å². The molecule has 0 radical (unpaired) electrons. The maximum atomic E-state index is 12.8. The standard InChI is InChI=1S/C15H12FN3OS/c16-11-3-5-12(6-4-11)18-14(20)10-19-8-7-17-15(19)13-2-1-9-21-13/h1-9H,10H2,(H,18,20). The van der Waals surface area contributed by atoms with Gasteiger partial charge in [-0.1, -0.05) is 6.07 Å². The topological polar surface area (TPSA) is 46.9 Å². The number of rotatable bonds is 4. The number of hydrogen-bond donors (Lipinski definition) is 1. The lowest BCUT2D eigenvalue weighted by Crippen LogP contribution is -2.18. The summed E-state index contributed by atoms with van der Waals surface area (Å²) in [4.78, 5) is 17.3. The number of hydrogen-bond acceptors (Lipinski definition) is 3. The summed E-state index contributed by atoms with van der Waals surface area (Å²) in [6.07, 6.45) is 3.43. The van der Waals surface area contributed by atoms with Crippen LogP contribution in [0.4, 0.5) is 10.1 Å².